The predicted octanol–water partition coefficient (Wildman–Crippen LogP) is -0.869. The molecule has 0 aromatic carbocycles. The van der Waals surface area contributed by atoms with Gasteiger partial charge in [-0.2, -0.15) is 12.6 Å². The van der Waals surface area contributed by atoms with Crippen LogP contribution in [0.25, 0.3) is 0 Å². The summed E-state index contributed by atoms with van der Waals surface area (Å²) in [4.78, 5) is 11.2. The molecule has 0 heterocycles. The lowest BCUT2D eigenvalue weighted by Crippen LogP contribution is -2.51. The largest absolute Gasteiger partial charge is 0.395 e. The highest BCUT2D eigenvalue weighted by molar-refractivity contribution is 7.81. The first-order valence-corrected chi connectivity index (χ1v) is 4.21. The number of hydrogen-bond donors (Lipinski definition) is 4. The summed E-state index contributed by atoms with van der Waals surface area (Å²) in [5, 5.41) is 10.9. The van der Waals surface area contributed by atoms with E-state index in [-0.39, 0.29) is 19.1 Å². The van der Waals surface area contributed by atoms with Crippen LogP contribution in [0.5, 0.6) is 0 Å². The van der Waals surface area contributed by atoms with Crippen LogP contribution >= 0.6 is 12.6 Å². The van der Waals surface area contributed by atoms with Crippen LogP contribution < -0.4 is 11.1 Å². The Labute approximate surface area is 77.9 Å². The maximum Gasteiger partial charge on any atom is 0.238 e. The molecular formula is C7H16N2O2S. The van der Waals surface area contributed by atoms with Gasteiger partial charge < -0.3 is 16.2 Å². The molecule has 0 aromatic rings. The van der Waals surface area contributed by atoms with E-state index in [2.05, 4.69) is 17.9 Å². The van der Waals surface area contributed by atoms with Crippen LogP contribution in [-0.4, -0.2) is 35.0 Å². The van der Waals surface area contributed by atoms with Crippen LogP contribution in [0.2, 0.25) is 0 Å². The van der Waals surface area contributed by atoms with Crippen LogP contribution in [0.15, 0.2) is 0 Å². The molecule has 0 fully saturated rings. The number of rotatable bonds is 4. The zero-order chi connectivity index (χ0) is 9.78. The molecule has 0 aromatic heterocycles. The maximum absolute atomic E-state index is 11.2. The van der Waals surface area contributed by atoms with Crippen LogP contribution in [0, 0.1) is 0 Å². The van der Waals surface area contributed by atoms with Gasteiger partial charge in [0, 0.05) is 11.3 Å². The minimum atomic E-state index is -0.660. The van der Waals surface area contributed by atoms with Crippen molar-refractivity contribution in [2.45, 2.75) is 24.6 Å². The van der Waals surface area contributed by atoms with E-state index in [1.807, 2.05) is 0 Å². The smallest absolute Gasteiger partial charge is 0.238 e. The van der Waals surface area contributed by atoms with E-state index < -0.39 is 10.8 Å². The van der Waals surface area contributed by atoms with Gasteiger partial charge in [-0.1, -0.05) is 0 Å². The third kappa shape index (κ3) is 3.94. The molecule has 4 nitrogen and oxygen atoms in total. The standard InChI is InChI=1S/C7H16N2O2S/c1-7(2,12)5(8)6(11)9-3-4-10/h5,10,12H,3-4,8H2,1-2H3,(H,9,11). The average molecular weight is 192 g/mol. The number of thiol groups is 1. The Morgan fingerprint density at radius 1 is 1.75 bits per heavy atom. The van der Waals surface area contributed by atoms with Crippen LogP contribution in [0.1, 0.15) is 13.8 Å². The van der Waals surface area contributed by atoms with Crippen molar-refractivity contribution in [2.24, 2.45) is 5.73 Å². The lowest BCUT2D eigenvalue weighted by Gasteiger charge is -2.24. The highest BCUT2D eigenvalue weighted by atomic mass is 32.1. The van der Waals surface area contributed by atoms with Crippen LogP contribution in [-0.2, 0) is 4.79 Å². The molecule has 0 aliphatic carbocycles. The quantitative estimate of drug-likeness (QED) is 0.437. The van der Waals surface area contributed by atoms with Gasteiger partial charge in [0.05, 0.1) is 12.6 Å². The van der Waals surface area contributed by atoms with Gasteiger partial charge in [0.2, 0.25) is 5.91 Å². The van der Waals surface area contributed by atoms with Crippen molar-refractivity contribution in [3.8, 4) is 0 Å². The number of hydrogen-bond acceptors (Lipinski definition) is 4. The molecule has 5 heteroatoms. The Hall–Kier alpha value is -0.260. The predicted molar refractivity (Wildman–Crippen MR) is 51.1 cm³/mol. The van der Waals surface area contributed by atoms with Crippen molar-refractivity contribution in [1.82, 2.24) is 5.32 Å². The molecule has 0 bridgehead atoms. The minimum Gasteiger partial charge on any atom is -0.395 e. The Balaban J connectivity index is 3.94. The number of aliphatic hydroxyl groups is 1. The summed E-state index contributed by atoms with van der Waals surface area (Å²) in [5.41, 5.74) is 5.56. The molecule has 1 amide bonds. The number of nitrogens with two attached hydrogens (primary N) is 1. The fourth-order valence-corrected chi connectivity index (χ4v) is 0.727. The number of aliphatic hydroxyl groups excluding tert-OH is 1. The highest BCUT2D eigenvalue weighted by Gasteiger charge is 2.27. The van der Waals surface area contributed by atoms with E-state index in [0.29, 0.717) is 0 Å². The van der Waals surface area contributed by atoms with Gasteiger partial charge in [0.15, 0.2) is 0 Å². The summed E-state index contributed by atoms with van der Waals surface area (Å²) in [5.74, 6) is -0.288. The minimum absolute atomic E-state index is 0.0779. The SMILES string of the molecule is CC(C)(S)C(N)C(=O)NCCO. The lowest BCUT2D eigenvalue weighted by molar-refractivity contribution is -0.122. The summed E-state index contributed by atoms with van der Waals surface area (Å²) >= 11 is 4.16. The van der Waals surface area contributed by atoms with Gasteiger partial charge in [0.25, 0.3) is 0 Å². The van der Waals surface area contributed by atoms with Gasteiger partial charge in [0.1, 0.15) is 0 Å². The van der Waals surface area contributed by atoms with Crippen molar-refractivity contribution >= 4 is 18.5 Å². The van der Waals surface area contributed by atoms with E-state index in [4.69, 9.17) is 10.8 Å². The summed E-state index contributed by atoms with van der Waals surface area (Å²) in [6, 6.07) is -0.660. The summed E-state index contributed by atoms with van der Waals surface area (Å²) in [6.45, 7) is 3.68. The number of nitrogens with one attached hydrogen (secondary N) is 1. The molecule has 0 radical (unpaired) electrons. The van der Waals surface area contributed by atoms with Gasteiger partial charge in [-0.3, -0.25) is 4.79 Å². The molecule has 0 saturated carbocycles. The van der Waals surface area contributed by atoms with Crippen molar-refractivity contribution in [2.75, 3.05) is 13.2 Å². The molecule has 0 aliphatic heterocycles. The molecule has 72 valence electrons. The third-order valence-electron chi connectivity index (χ3n) is 1.45. The second-order valence-corrected chi connectivity index (χ2v) is 4.30. The second-order valence-electron chi connectivity index (χ2n) is 3.15. The van der Waals surface area contributed by atoms with E-state index in [0.717, 1.165) is 0 Å². The van der Waals surface area contributed by atoms with E-state index in [1.54, 1.807) is 13.8 Å². The molecule has 12 heavy (non-hydrogen) atoms. The summed E-state index contributed by atoms with van der Waals surface area (Å²) in [7, 11) is 0. The fraction of sp³-hybridized carbons (Fsp3) is 0.857. The van der Waals surface area contributed by atoms with Crippen molar-refractivity contribution in [3.63, 3.8) is 0 Å². The lowest BCUT2D eigenvalue weighted by atomic mass is 10.0. The van der Waals surface area contributed by atoms with Gasteiger partial charge in [-0.15, -0.1) is 0 Å². The molecule has 0 rings (SSSR count). The van der Waals surface area contributed by atoms with E-state index in [9.17, 15) is 4.79 Å². The molecule has 0 aliphatic rings. The van der Waals surface area contributed by atoms with Gasteiger partial charge in [-0.05, 0) is 13.8 Å². The Bertz CT molecular complexity index is 156. The van der Waals surface area contributed by atoms with Crippen molar-refractivity contribution in [3.05, 3.63) is 0 Å². The molecule has 1 atom stereocenters. The van der Waals surface area contributed by atoms with Gasteiger partial charge >= 0.3 is 0 Å². The zero-order valence-electron chi connectivity index (χ0n) is 7.37. The summed E-state index contributed by atoms with van der Waals surface area (Å²) < 4.78 is -0.542. The fourth-order valence-electron chi connectivity index (χ4n) is 0.610. The number of carbonyl (C=O) groups is 1. The third-order valence-corrected chi connectivity index (χ3v) is 1.73. The first-order chi connectivity index (χ1) is 5.39. The Kier molecular flexibility index (Phi) is 4.59. The van der Waals surface area contributed by atoms with Crippen LogP contribution in [0.4, 0.5) is 0 Å². The molecule has 4 N–H and O–H groups in total. The molecule has 0 spiro atoms. The molecular weight excluding hydrogens is 176 g/mol. The van der Waals surface area contributed by atoms with E-state index >= 15 is 0 Å². The van der Waals surface area contributed by atoms with Crippen molar-refractivity contribution < 1.29 is 9.90 Å². The number of carbonyl (C=O) groups excluding carboxylic acids is 1. The topological polar surface area (TPSA) is 75.4 Å². The van der Waals surface area contributed by atoms with Gasteiger partial charge in [-0.25, -0.2) is 0 Å². The Morgan fingerprint density at radius 3 is 2.58 bits per heavy atom. The molecule has 1 unspecified atom stereocenters. The number of amides is 1. The average Bonchev–Trinajstić information content (AvgIpc) is 1.97. The van der Waals surface area contributed by atoms with Crippen LogP contribution in [0.3, 0.4) is 0 Å². The first kappa shape index (κ1) is 11.7. The zero-order valence-corrected chi connectivity index (χ0v) is 8.27. The normalized spacial score (nSPS) is 14.1. The molecule has 0 saturated heterocycles. The monoisotopic (exact) mass is 192 g/mol. The second kappa shape index (κ2) is 4.69. The summed E-state index contributed by atoms with van der Waals surface area (Å²) in [6.07, 6.45) is 0. The van der Waals surface area contributed by atoms with E-state index in [1.165, 1.54) is 0 Å². The van der Waals surface area contributed by atoms with Crippen molar-refractivity contribution in [1.29, 1.82) is 0 Å². The first-order valence-electron chi connectivity index (χ1n) is 3.76. The maximum atomic E-state index is 11.2. The highest BCUT2D eigenvalue weighted by Crippen LogP contribution is 2.15. The Morgan fingerprint density at radius 2 is 2.25 bits per heavy atom.